The summed E-state index contributed by atoms with van der Waals surface area (Å²) < 4.78 is 11.5. The van der Waals surface area contributed by atoms with Crippen LogP contribution in [0.4, 0.5) is 0 Å². The fourth-order valence-corrected chi connectivity index (χ4v) is 4.11. The second kappa shape index (κ2) is 13.7. The Balaban J connectivity index is 2.60. The molecule has 1 aromatic rings. The van der Waals surface area contributed by atoms with Gasteiger partial charge in [0.05, 0.1) is 6.61 Å². The predicted octanol–water partition coefficient (Wildman–Crippen LogP) is 8.82. The van der Waals surface area contributed by atoms with Crippen LogP contribution >= 0.6 is 8.60 Å². The molecule has 0 aromatic heterocycles. The minimum absolute atomic E-state index is 0.0247. The zero-order valence-corrected chi connectivity index (χ0v) is 21.6. The van der Waals surface area contributed by atoms with Crippen molar-refractivity contribution in [1.82, 2.24) is 0 Å². The molecule has 174 valence electrons. The molecular weight excluding hydrogens is 391 g/mol. The third-order valence-electron chi connectivity index (χ3n) is 6.63. The minimum Gasteiger partial charge on any atom is -0.427 e. The van der Waals surface area contributed by atoms with Gasteiger partial charge in [-0.3, -0.25) is 0 Å². The first-order valence-corrected chi connectivity index (χ1v) is 13.3. The predicted molar refractivity (Wildman–Crippen MR) is 131 cm³/mol. The van der Waals surface area contributed by atoms with Crippen LogP contribution in [0.25, 0.3) is 0 Å². The molecule has 0 spiro atoms. The Morgan fingerprint density at radius 3 is 1.93 bits per heavy atom. The number of rotatable bonds is 16. The van der Waals surface area contributed by atoms with E-state index in [1.54, 1.807) is 0 Å². The molecule has 1 aromatic carbocycles. The van der Waals surface area contributed by atoms with E-state index >= 15 is 0 Å². The topological polar surface area (TPSA) is 38.7 Å². The monoisotopic (exact) mass is 438 g/mol. The van der Waals surface area contributed by atoms with Gasteiger partial charge in [-0.25, -0.2) is 0 Å². The first kappa shape index (κ1) is 27.4. The van der Waals surface area contributed by atoms with Crippen molar-refractivity contribution in [3.8, 4) is 5.75 Å². The van der Waals surface area contributed by atoms with Crippen LogP contribution in [0.5, 0.6) is 5.75 Å². The second-order valence-corrected chi connectivity index (χ2v) is 10.7. The summed E-state index contributed by atoms with van der Waals surface area (Å²) in [5.74, 6) is 0.752. The van der Waals surface area contributed by atoms with Crippen molar-refractivity contribution in [1.29, 1.82) is 0 Å². The van der Waals surface area contributed by atoms with E-state index in [4.69, 9.17) is 9.05 Å². The van der Waals surface area contributed by atoms with Crippen LogP contribution in [-0.2, 0) is 15.4 Å². The van der Waals surface area contributed by atoms with E-state index in [1.165, 1.54) is 44.1 Å². The molecule has 0 aliphatic carbocycles. The zero-order valence-electron chi connectivity index (χ0n) is 20.7. The summed E-state index contributed by atoms with van der Waals surface area (Å²) >= 11 is 0. The molecule has 0 heterocycles. The average Bonchev–Trinajstić information content (AvgIpc) is 2.72. The maximum absolute atomic E-state index is 10.4. The molecule has 0 bridgehead atoms. The molecule has 4 heteroatoms. The highest BCUT2D eigenvalue weighted by atomic mass is 31.2. The van der Waals surface area contributed by atoms with E-state index < -0.39 is 8.60 Å². The molecule has 1 N–H and O–H groups in total. The van der Waals surface area contributed by atoms with Crippen LogP contribution in [-0.4, -0.2) is 11.5 Å². The van der Waals surface area contributed by atoms with Crippen LogP contribution in [0.15, 0.2) is 18.2 Å². The molecule has 1 atom stereocenters. The highest BCUT2D eigenvalue weighted by Crippen LogP contribution is 2.43. The molecule has 0 radical (unpaired) electrons. The second-order valence-electron chi connectivity index (χ2n) is 9.82. The van der Waals surface area contributed by atoms with Gasteiger partial charge in [-0.2, -0.15) is 0 Å². The molecule has 0 fully saturated rings. The molecule has 0 aliphatic rings. The van der Waals surface area contributed by atoms with Crippen LogP contribution in [0.1, 0.15) is 124 Å². The van der Waals surface area contributed by atoms with Crippen molar-refractivity contribution in [2.45, 2.75) is 124 Å². The first-order chi connectivity index (χ1) is 14.2. The van der Waals surface area contributed by atoms with Gasteiger partial charge in [-0.05, 0) is 41.7 Å². The lowest BCUT2D eigenvalue weighted by atomic mass is 9.76. The number of unbranched alkanes of at least 4 members (excludes halogenated alkanes) is 7. The molecule has 30 heavy (non-hydrogen) atoms. The van der Waals surface area contributed by atoms with Gasteiger partial charge in [0.15, 0.2) is 0 Å². The lowest BCUT2D eigenvalue weighted by Gasteiger charge is -2.30. The summed E-state index contributed by atoms with van der Waals surface area (Å²) in [7, 11) is -1.90. The zero-order chi connectivity index (χ0) is 22.6. The SMILES string of the molecule is CCCCCCCCCCOP(O)Oc1ccc(C(C)(C)CC)cc1C(C)(C)CC. The van der Waals surface area contributed by atoms with Crippen molar-refractivity contribution in [2.24, 2.45) is 0 Å². The summed E-state index contributed by atoms with van der Waals surface area (Å²) in [5.41, 5.74) is 2.56. The third kappa shape index (κ3) is 9.25. The Kier molecular flexibility index (Phi) is 12.5. The average molecular weight is 439 g/mol. The molecule has 0 aliphatic heterocycles. The van der Waals surface area contributed by atoms with E-state index in [2.05, 4.69) is 60.6 Å². The summed E-state index contributed by atoms with van der Waals surface area (Å²) in [6.07, 6.45) is 12.1. The molecule has 1 unspecified atom stereocenters. The molecular formula is C26H47O3P. The Bertz CT molecular complexity index is 598. The Morgan fingerprint density at radius 2 is 1.37 bits per heavy atom. The fraction of sp³-hybridized carbons (Fsp3) is 0.769. The van der Waals surface area contributed by atoms with E-state index in [0.29, 0.717) is 6.61 Å². The van der Waals surface area contributed by atoms with Crippen LogP contribution in [0.3, 0.4) is 0 Å². The maximum atomic E-state index is 10.4. The van der Waals surface area contributed by atoms with Crippen molar-refractivity contribution in [2.75, 3.05) is 6.61 Å². The number of hydrogen-bond acceptors (Lipinski definition) is 3. The quantitative estimate of drug-likeness (QED) is 0.207. The summed E-state index contributed by atoms with van der Waals surface area (Å²) in [6, 6.07) is 6.42. The number of hydrogen-bond donors (Lipinski definition) is 1. The van der Waals surface area contributed by atoms with Crippen LogP contribution in [0.2, 0.25) is 0 Å². The summed E-state index contributed by atoms with van der Waals surface area (Å²) in [5, 5.41) is 0. The van der Waals surface area contributed by atoms with E-state index in [0.717, 1.165) is 37.0 Å². The Morgan fingerprint density at radius 1 is 0.800 bits per heavy atom. The molecule has 0 amide bonds. The largest absolute Gasteiger partial charge is 0.427 e. The Hall–Kier alpha value is -0.630. The highest BCUT2D eigenvalue weighted by molar-refractivity contribution is 7.41. The first-order valence-electron chi connectivity index (χ1n) is 12.1. The van der Waals surface area contributed by atoms with Crippen molar-refractivity contribution >= 4 is 8.60 Å². The van der Waals surface area contributed by atoms with Crippen molar-refractivity contribution in [3.05, 3.63) is 29.3 Å². The van der Waals surface area contributed by atoms with Gasteiger partial charge in [0.1, 0.15) is 5.75 Å². The van der Waals surface area contributed by atoms with E-state index in [9.17, 15) is 4.89 Å². The van der Waals surface area contributed by atoms with Gasteiger partial charge >= 0.3 is 8.60 Å². The minimum atomic E-state index is -1.90. The third-order valence-corrected chi connectivity index (χ3v) is 7.39. The fourth-order valence-electron chi connectivity index (χ4n) is 3.44. The summed E-state index contributed by atoms with van der Waals surface area (Å²) in [6.45, 7) is 16.2. The number of benzene rings is 1. The van der Waals surface area contributed by atoms with Crippen molar-refractivity contribution in [3.63, 3.8) is 0 Å². The van der Waals surface area contributed by atoms with Gasteiger partial charge in [-0.1, -0.05) is 106 Å². The van der Waals surface area contributed by atoms with Gasteiger partial charge in [0, 0.05) is 5.56 Å². The normalized spacial score (nSPS) is 13.5. The van der Waals surface area contributed by atoms with Gasteiger partial charge < -0.3 is 13.9 Å². The lowest BCUT2D eigenvalue weighted by molar-refractivity contribution is 0.252. The van der Waals surface area contributed by atoms with Crippen LogP contribution < -0.4 is 4.52 Å². The maximum Gasteiger partial charge on any atom is 0.394 e. The Labute approximate surface area is 188 Å². The van der Waals surface area contributed by atoms with Gasteiger partial charge in [-0.15, -0.1) is 0 Å². The molecule has 0 saturated heterocycles. The van der Waals surface area contributed by atoms with Gasteiger partial charge in [0.25, 0.3) is 0 Å². The standard InChI is InChI=1S/C26H47O3P/c1-8-11-12-13-14-15-16-17-20-28-30(27)29-24-19-18-22(25(4,5)9-2)21-23(24)26(6,7)10-3/h18-19,21,27H,8-17,20H2,1-7H3. The molecule has 1 rings (SSSR count). The molecule has 0 saturated carbocycles. The molecule has 3 nitrogen and oxygen atoms in total. The lowest BCUT2D eigenvalue weighted by Crippen LogP contribution is -2.20. The van der Waals surface area contributed by atoms with E-state index in [-0.39, 0.29) is 10.8 Å². The van der Waals surface area contributed by atoms with E-state index in [1.807, 2.05) is 6.07 Å². The summed E-state index contributed by atoms with van der Waals surface area (Å²) in [4.78, 5) is 10.4. The van der Waals surface area contributed by atoms with Crippen LogP contribution in [0, 0.1) is 0 Å². The smallest absolute Gasteiger partial charge is 0.394 e. The highest BCUT2D eigenvalue weighted by Gasteiger charge is 2.27. The van der Waals surface area contributed by atoms with Crippen molar-refractivity contribution < 1.29 is 13.9 Å². The van der Waals surface area contributed by atoms with Gasteiger partial charge in [0.2, 0.25) is 0 Å².